The average molecular weight is 334 g/mol. The lowest BCUT2D eigenvalue weighted by atomic mass is 9.89. The van der Waals surface area contributed by atoms with E-state index in [1.54, 1.807) is 0 Å². The molecule has 0 spiro atoms. The Morgan fingerprint density at radius 2 is 2.08 bits per heavy atom. The van der Waals surface area contributed by atoms with Crippen molar-refractivity contribution in [3.05, 3.63) is 33.9 Å². The molecule has 1 aromatic carbocycles. The van der Waals surface area contributed by atoms with E-state index < -0.39 is 11.9 Å². The lowest BCUT2D eigenvalue weighted by Gasteiger charge is -2.20. The standard InChI is InChI=1S/C18H22O6/c1-9(5-6-13(19)20)7-10(2)14-16(21)15-12(8-24-18(15)22)11(3)17(14)23-4/h7,10,21H,5-6,8H2,1-4H3,(H,19,20)/b9-7+. The molecule has 1 aliphatic rings. The average Bonchev–Trinajstić information content (AvgIpc) is 2.90. The van der Waals surface area contributed by atoms with Crippen LogP contribution in [0.1, 0.15) is 59.7 Å². The molecule has 0 amide bonds. The zero-order chi connectivity index (χ0) is 18.0. The van der Waals surface area contributed by atoms with E-state index in [-0.39, 0.29) is 30.3 Å². The molecule has 24 heavy (non-hydrogen) atoms. The predicted molar refractivity (Wildman–Crippen MR) is 87.6 cm³/mol. The summed E-state index contributed by atoms with van der Waals surface area (Å²) in [5.41, 5.74) is 3.03. The molecule has 6 heteroatoms. The molecule has 2 N–H and O–H groups in total. The van der Waals surface area contributed by atoms with Gasteiger partial charge in [0, 0.05) is 23.5 Å². The van der Waals surface area contributed by atoms with Gasteiger partial charge in [0.25, 0.3) is 0 Å². The molecule has 0 saturated carbocycles. The van der Waals surface area contributed by atoms with Crippen molar-refractivity contribution in [1.29, 1.82) is 0 Å². The van der Waals surface area contributed by atoms with Gasteiger partial charge in [-0.1, -0.05) is 18.6 Å². The number of carboxylic acids is 1. The van der Waals surface area contributed by atoms with Crippen LogP contribution in [0.2, 0.25) is 0 Å². The van der Waals surface area contributed by atoms with E-state index in [2.05, 4.69) is 0 Å². The van der Waals surface area contributed by atoms with Crippen LogP contribution in [-0.4, -0.2) is 29.3 Å². The molecule has 0 saturated heterocycles. The summed E-state index contributed by atoms with van der Waals surface area (Å²) in [6.07, 6.45) is 2.36. The zero-order valence-corrected chi connectivity index (χ0v) is 14.3. The molecular weight excluding hydrogens is 312 g/mol. The number of esters is 1. The molecule has 1 unspecified atom stereocenters. The second-order valence-electron chi connectivity index (χ2n) is 6.05. The molecule has 1 aliphatic heterocycles. The number of fused-ring (bicyclic) bond motifs is 1. The fraction of sp³-hybridized carbons (Fsp3) is 0.444. The van der Waals surface area contributed by atoms with Gasteiger partial charge in [-0.3, -0.25) is 4.79 Å². The number of allylic oxidation sites excluding steroid dienone is 2. The molecule has 0 aromatic heterocycles. The highest BCUT2D eigenvalue weighted by Crippen LogP contribution is 2.45. The van der Waals surface area contributed by atoms with Crippen molar-refractivity contribution in [3.63, 3.8) is 0 Å². The highest BCUT2D eigenvalue weighted by Gasteiger charge is 2.33. The summed E-state index contributed by atoms with van der Waals surface area (Å²) < 4.78 is 10.5. The highest BCUT2D eigenvalue weighted by molar-refractivity contribution is 5.98. The minimum absolute atomic E-state index is 0.0493. The number of carbonyl (C=O) groups excluding carboxylic acids is 1. The van der Waals surface area contributed by atoms with Gasteiger partial charge < -0.3 is 19.7 Å². The summed E-state index contributed by atoms with van der Waals surface area (Å²) in [5.74, 6) is -1.23. The number of phenols is 1. The zero-order valence-electron chi connectivity index (χ0n) is 14.3. The Labute approximate surface area is 140 Å². The van der Waals surface area contributed by atoms with Crippen LogP contribution in [0.15, 0.2) is 11.6 Å². The number of ether oxygens (including phenoxy) is 2. The summed E-state index contributed by atoms with van der Waals surface area (Å²) in [7, 11) is 1.52. The van der Waals surface area contributed by atoms with E-state index in [1.165, 1.54) is 7.11 Å². The maximum absolute atomic E-state index is 11.9. The van der Waals surface area contributed by atoms with E-state index in [0.29, 0.717) is 23.3 Å². The van der Waals surface area contributed by atoms with Crippen LogP contribution in [0.4, 0.5) is 0 Å². The van der Waals surface area contributed by atoms with Crippen molar-refractivity contribution >= 4 is 11.9 Å². The highest BCUT2D eigenvalue weighted by atomic mass is 16.5. The van der Waals surface area contributed by atoms with Gasteiger partial charge >= 0.3 is 11.9 Å². The molecular formula is C18H22O6. The number of carbonyl (C=O) groups is 2. The van der Waals surface area contributed by atoms with Crippen molar-refractivity contribution in [3.8, 4) is 11.5 Å². The number of benzene rings is 1. The van der Waals surface area contributed by atoms with Crippen LogP contribution in [0.25, 0.3) is 0 Å². The minimum atomic E-state index is -0.855. The summed E-state index contributed by atoms with van der Waals surface area (Å²) in [6.45, 7) is 5.67. The Bertz CT molecular complexity index is 717. The minimum Gasteiger partial charge on any atom is -0.507 e. The topological polar surface area (TPSA) is 93.1 Å². The van der Waals surface area contributed by atoms with E-state index in [0.717, 1.165) is 11.1 Å². The summed E-state index contributed by atoms with van der Waals surface area (Å²) in [5, 5.41) is 19.4. The number of aromatic hydroxyl groups is 1. The summed E-state index contributed by atoms with van der Waals surface area (Å²) in [6, 6.07) is 0. The molecule has 0 fully saturated rings. The lowest BCUT2D eigenvalue weighted by Crippen LogP contribution is -2.05. The van der Waals surface area contributed by atoms with Crippen LogP contribution in [-0.2, 0) is 16.1 Å². The third-order valence-corrected chi connectivity index (χ3v) is 4.31. The molecule has 130 valence electrons. The summed E-state index contributed by atoms with van der Waals surface area (Å²) >= 11 is 0. The van der Waals surface area contributed by atoms with Crippen LogP contribution < -0.4 is 4.74 Å². The normalized spacial score (nSPS) is 15.0. The third-order valence-electron chi connectivity index (χ3n) is 4.31. The van der Waals surface area contributed by atoms with Gasteiger partial charge in [0.1, 0.15) is 23.7 Å². The van der Waals surface area contributed by atoms with Crippen LogP contribution >= 0.6 is 0 Å². The molecule has 0 radical (unpaired) electrons. The molecule has 1 heterocycles. The Morgan fingerprint density at radius 1 is 1.42 bits per heavy atom. The summed E-state index contributed by atoms with van der Waals surface area (Å²) in [4.78, 5) is 22.6. The molecule has 1 aromatic rings. The van der Waals surface area contributed by atoms with Gasteiger partial charge in [0.15, 0.2) is 0 Å². The number of cyclic esters (lactones) is 1. The monoisotopic (exact) mass is 334 g/mol. The maximum atomic E-state index is 11.9. The SMILES string of the molecule is COc1c(C)c2c(c(O)c1C(C)/C=C(\C)CCC(=O)O)C(=O)OC2. The smallest absolute Gasteiger partial charge is 0.342 e. The number of methoxy groups -OCH3 is 1. The van der Waals surface area contributed by atoms with Gasteiger partial charge in [-0.05, 0) is 25.8 Å². The molecule has 1 atom stereocenters. The molecule has 2 rings (SSSR count). The number of hydrogen-bond acceptors (Lipinski definition) is 5. The van der Waals surface area contributed by atoms with Gasteiger partial charge in [-0.25, -0.2) is 4.79 Å². The number of hydrogen-bond donors (Lipinski definition) is 2. The van der Waals surface area contributed by atoms with Crippen molar-refractivity contribution in [2.45, 2.75) is 46.1 Å². The predicted octanol–water partition coefficient (Wildman–Crippen LogP) is 3.29. The quantitative estimate of drug-likeness (QED) is 0.612. The Morgan fingerprint density at radius 3 is 2.67 bits per heavy atom. The van der Waals surface area contributed by atoms with E-state index >= 15 is 0 Å². The van der Waals surface area contributed by atoms with Gasteiger partial charge in [0.05, 0.1) is 7.11 Å². The van der Waals surface area contributed by atoms with Crippen LogP contribution in [0.5, 0.6) is 11.5 Å². The van der Waals surface area contributed by atoms with E-state index in [1.807, 2.05) is 26.8 Å². The Hall–Kier alpha value is -2.50. The van der Waals surface area contributed by atoms with Gasteiger partial charge in [0.2, 0.25) is 0 Å². The molecule has 0 aliphatic carbocycles. The van der Waals surface area contributed by atoms with Crippen LogP contribution in [0, 0.1) is 6.92 Å². The Balaban J connectivity index is 2.48. The van der Waals surface area contributed by atoms with Crippen molar-refractivity contribution in [2.24, 2.45) is 0 Å². The second-order valence-corrected chi connectivity index (χ2v) is 6.05. The van der Waals surface area contributed by atoms with Gasteiger partial charge in [-0.15, -0.1) is 0 Å². The van der Waals surface area contributed by atoms with Crippen molar-refractivity contribution in [1.82, 2.24) is 0 Å². The third kappa shape index (κ3) is 3.22. The number of phenolic OH excluding ortho intramolecular Hbond substituents is 1. The molecule has 6 nitrogen and oxygen atoms in total. The number of carboxylic acid groups (broad SMARTS) is 1. The second kappa shape index (κ2) is 6.95. The van der Waals surface area contributed by atoms with Crippen molar-refractivity contribution < 1.29 is 29.3 Å². The fourth-order valence-electron chi connectivity index (χ4n) is 3.10. The number of rotatable bonds is 6. The first kappa shape index (κ1) is 17.8. The molecule has 0 bridgehead atoms. The van der Waals surface area contributed by atoms with Gasteiger partial charge in [-0.2, -0.15) is 0 Å². The first-order valence-corrected chi connectivity index (χ1v) is 7.76. The first-order chi connectivity index (χ1) is 11.3. The van der Waals surface area contributed by atoms with E-state index in [4.69, 9.17) is 14.6 Å². The fourth-order valence-corrected chi connectivity index (χ4v) is 3.10. The number of aliphatic carboxylic acids is 1. The van der Waals surface area contributed by atoms with E-state index in [9.17, 15) is 14.7 Å². The first-order valence-electron chi connectivity index (χ1n) is 7.76. The van der Waals surface area contributed by atoms with Crippen LogP contribution in [0.3, 0.4) is 0 Å². The van der Waals surface area contributed by atoms with Crippen molar-refractivity contribution in [2.75, 3.05) is 7.11 Å². The largest absolute Gasteiger partial charge is 0.507 e. The lowest BCUT2D eigenvalue weighted by molar-refractivity contribution is -0.136. The Kier molecular flexibility index (Phi) is 5.17. The maximum Gasteiger partial charge on any atom is 0.342 e.